The van der Waals surface area contributed by atoms with E-state index in [2.05, 4.69) is 22.5 Å². The fourth-order valence-corrected chi connectivity index (χ4v) is 8.49. The second-order valence-electron chi connectivity index (χ2n) is 6.19. The maximum atomic E-state index is 11.8. The van der Waals surface area contributed by atoms with Gasteiger partial charge in [-0.15, -0.1) is 23.1 Å². The van der Waals surface area contributed by atoms with E-state index in [-0.39, 0.29) is 4.87 Å². The summed E-state index contributed by atoms with van der Waals surface area (Å²) in [6.45, 7) is 0. The quantitative estimate of drug-likeness (QED) is 0.856. The second-order valence-corrected chi connectivity index (χ2v) is 9.38. The van der Waals surface area contributed by atoms with Crippen LogP contribution >= 0.6 is 34.4 Å². The molecule has 0 unspecified atom stereocenters. The summed E-state index contributed by atoms with van der Waals surface area (Å²) in [7, 11) is 0. The van der Waals surface area contributed by atoms with Crippen molar-refractivity contribution in [2.24, 2.45) is 17.8 Å². The maximum Gasteiger partial charge on any atom is 0.305 e. The smallest absolute Gasteiger partial charge is 0.305 e. The largest absolute Gasteiger partial charge is 0.307 e. The predicted molar refractivity (Wildman–Crippen MR) is 85.1 cm³/mol. The minimum atomic E-state index is 0.122. The van der Waals surface area contributed by atoms with Gasteiger partial charge in [0.1, 0.15) is 0 Å². The molecule has 104 valence electrons. The average Bonchev–Trinajstić information content (AvgIpc) is 3.19. The summed E-state index contributed by atoms with van der Waals surface area (Å²) in [6.07, 6.45) is 4.23. The third kappa shape index (κ3) is 1.54. The fraction of sp³-hybridized carbons (Fsp3) is 0.533. The molecule has 2 saturated carbocycles. The van der Waals surface area contributed by atoms with Gasteiger partial charge < -0.3 is 4.98 Å². The topological polar surface area (TPSA) is 32.9 Å². The lowest BCUT2D eigenvalue weighted by atomic mass is 9.77. The Balaban J connectivity index is 1.71. The van der Waals surface area contributed by atoms with Crippen molar-refractivity contribution in [3.63, 3.8) is 0 Å². The Morgan fingerprint density at radius 3 is 3.00 bits per heavy atom. The first-order chi connectivity index (χ1) is 9.81. The van der Waals surface area contributed by atoms with Crippen molar-refractivity contribution in [2.75, 3.05) is 0 Å². The number of hydrogen-bond donors (Lipinski definition) is 1. The molecular weight excluding hydrogens is 306 g/mol. The van der Waals surface area contributed by atoms with Gasteiger partial charge in [-0.05, 0) is 48.5 Å². The molecule has 5 rings (SSSR count). The second kappa shape index (κ2) is 4.24. The van der Waals surface area contributed by atoms with Crippen LogP contribution in [-0.4, -0.2) is 10.2 Å². The summed E-state index contributed by atoms with van der Waals surface area (Å²) in [5, 5.41) is 4.08. The number of aromatic amines is 1. The van der Waals surface area contributed by atoms with Gasteiger partial charge in [0.05, 0.1) is 5.03 Å². The molecule has 3 aliphatic rings. The van der Waals surface area contributed by atoms with Gasteiger partial charge in [0.2, 0.25) is 0 Å². The first-order valence-electron chi connectivity index (χ1n) is 7.24. The van der Waals surface area contributed by atoms with Crippen molar-refractivity contribution in [2.45, 2.75) is 35.5 Å². The minimum absolute atomic E-state index is 0.122. The van der Waals surface area contributed by atoms with Gasteiger partial charge >= 0.3 is 4.87 Å². The Morgan fingerprint density at radius 1 is 1.25 bits per heavy atom. The highest BCUT2D eigenvalue weighted by molar-refractivity contribution is 8.00. The number of aromatic nitrogens is 1. The summed E-state index contributed by atoms with van der Waals surface area (Å²) in [5.74, 6) is 3.01. The van der Waals surface area contributed by atoms with E-state index in [9.17, 15) is 4.79 Å². The van der Waals surface area contributed by atoms with Crippen LogP contribution in [0.3, 0.4) is 0 Å². The van der Waals surface area contributed by atoms with E-state index >= 15 is 0 Å². The Morgan fingerprint density at radius 2 is 2.15 bits per heavy atom. The number of H-pyrrole nitrogens is 1. The third-order valence-electron chi connectivity index (χ3n) is 5.32. The van der Waals surface area contributed by atoms with E-state index in [1.54, 1.807) is 0 Å². The lowest BCUT2D eigenvalue weighted by Gasteiger charge is -2.39. The van der Waals surface area contributed by atoms with E-state index in [0.29, 0.717) is 5.92 Å². The molecule has 1 N–H and O–H groups in total. The van der Waals surface area contributed by atoms with Crippen LogP contribution in [0.25, 0.3) is 0 Å². The molecule has 0 amide bonds. The first-order valence-corrected chi connectivity index (χ1v) is 9.82. The molecule has 5 atom stereocenters. The molecule has 5 heteroatoms. The molecule has 3 heterocycles. The monoisotopic (exact) mass is 321 g/mol. The van der Waals surface area contributed by atoms with Crippen molar-refractivity contribution < 1.29 is 0 Å². The molecule has 2 nitrogen and oxygen atoms in total. The maximum absolute atomic E-state index is 11.8. The lowest BCUT2D eigenvalue weighted by Crippen LogP contribution is -2.33. The standard InChI is InChI=1S/C15H15NOS3/c17-15-16-14-13(20-15)11(9-2-1-5-18-9)10-7-3-4-8(6-7)12(10)19-14/h1-2,5,7-8,10-12H,3-4,6H2,(H,16,17)/t7-,8-,10+,11+,12+/m1/s1. The molecule has 2 bridgehead atoms. The van der Waals surface area contributed by atoms with Crippen molar-refractivity contribution in [3.8, 4) is 0 Å². The highest BCUT2D eigenvalue weighted by atomic mass is 32.2. The Hall–Kier alpha value is -0.520. The first kappa shape index (κ1) is 12.1. The van der Waals surface area contributed by atoms with Crippen LogP contribution in [0.1, 0.15) is 34.9 Å². The van der Waals surface area contributed by atoms with Crippen molar-refractivity contribution in [1.82, 2.24) is 4.98 Å². The van der Waals surface area contributed by atoms with Gasteiger partial charge in [-0.1, -0.05) is 17.4 Å². The summed E-state index contributed by atoms with van der Waals surface area (Å²) in [6, 6.07) is 4.42. The number of thiazole rings is 1. The highest BCUT2D eigenvalue weighted by Gasteiger charge is 2.54. The molecule has 2 aromatic heterocycles. The zero-order chi connectivity index (χ0) is 13.3. The van der Waals surface area contributed by atoms with Crippen LogP contribution in [0.4, 0.5) is 0 Å². The van der Waals surface area contributed by atoms with Gasteiger partial charge in [0.15, 0.2) is 0 Å². The number of nitrogens with one attached hydrogen (secondary N) is 1. The Labute approximate surface area is 129 Å². The summed E-state index contributed by atoms with van der Waals surface area (Å²) in [5.41, 5.74) is 0. The lowest BCUT2D eigenvalue weighted by molar-refractivity contribution is 0.310. The van der Waals surface area contributed by atoms with Gasteiger partial charge in [-0.2, -0.15) is 0 Å². The number of thiophene rings is 1. The molecule has 20 heavy (non-hydrogen) atoms. The number of rotatable bonds is 1. The van der Waals surface area contributed by atoms with E-state index < -0.39 is 0 Å². The van der Waals surface area contributed by atoms with Gasteiger partial charge in [-0.25, -0.2) is 0 Å². The zero-order valence-corrected chi connectivity index (χ0v) is 13.3. The normalized spacial score (nSPS) is 37.9. The molecule has 0 aromatic carbocycles. The van der Waals surface area contributed by atoms with Gasteiger partial charge in [0, 0.05) is 20.9 Å². The average molecular weight is 321 g/mol. The van der Waals surface area contributed by atoms with E-state index in [1.165, 1.54) is 45.4 Å². The molecule has 0 saturated heterocycles. The van der Waals surface area contributed by atoms with Crippen molar-refractivity contribution in [1.29, 1.82) is 0 Å². The van der Waals surface area contributed by atoms with Gasteiger partial charge in [0.25, 0.3) is 0 Å². The molecular formula is C15H15NOS3. The van der Waals surface area contributed by atoms with Crippen LogP contribution in [-0.2, 0) is 0 Å². The minimum Gasteiger partial charge on any atom is -0.307 e. The van der Waals surface area contributed by atoms with E-state index in [4.69, 9.17) is 0 Å². The van der Waals surface area contributed by atoms with E-state index in [0.717, 1.165) is 23.0 Å². The summed E-state index contributed by atoms with van der Waals surface area (Å²) >= 11 is 5.28. The molecule has 2 aromatic rings. The van der Waals surface area contributed by atoms with E-state index in [1.807, 2.05) is 23.1 Å². The zero-order valence-electron chi connectivity index (χ0n) is 10.9. The SMILES string of the molecule is O=c1[nH]c2c(s1)[C@@H](c1cccs1)[C@@H]1[C@@H]3CC[C@H](C3)[C@@H]1S2. The Kier molecular flexibility index (Phi) is 2.56. The molecule has 0 radical (unpaired) electrons. The van der Waals surface area contributed by atoms with Crippen molar-refractivity contribution in [3.05, 3.63) is 36.9 Å². The predicted octanol–water partition coefficient (Wildman–Crippen LogP) is 4.15. The van der Waals surface area contributed by atoms with Crippen LogP contribution < -0.4 is 4.87 Å². The Bertz CT molecular complexity index is 701. The fourth-order valence-electron chi connectivity index (χ4n) is 4.64. The summed E-state index contributed by atoms with van der Waals surface area (Å²) in [4.78, 5) is 17.8. The molecule has 0 spiro atoms. The highest BCUT2D eigenvalue weighted by Crippen LogP contribution is 2.63. The van der Waals surface area contributed by atoms with Crippen LogP contribution in [0.2, 0.25) is 0 Å². The number of thioether (sulfide) groups is 1. The molecule has 2 aliphatic carbocycles. The van der Waals surface area contributed by atoms with Gasteiger partial charge in [-0.3, -0.25) is 4.79 Å². The molecule has 2 fully saturated rings. The summed E-state index contributed by atoms with van der Waals surface area (Å²) < 4.78 is 0. The number of hydrogen-bond acceptors (Lipinski definition) is 4. The van der Waals surface area contributed by atoms with Crippen LogP contribution in [0.5, 0.6) is 0 Å². The third-order valence-corrected chi connectivity index (χ3v) is 8.89. The molecule has 1 aliphatic heterocycles. The van der Waals surface area contributed by atoms with Crippen molar-refractivity contribution >= 4 is 34.4 Å². The van der Waals surface area contributed by atoms with Crippen LogP contribution in [0, 0.1) is 17.8 Å². The number of fused-ring (bicyclic) bond motifs is 6. The van der Waals surface area contributed by atoms with Crippen LogP contribution in [0.15, 0.2) is 27.3 Å².